The molecule has 122 heavy (non-hydrogen) atoms. The molecule has 0 radical (unpaired) electrons. The monoisotopic (exact) mass is 1650 g/mol. The molecular weight excluding hydrogens is 1510 g/mol. The van der Waals surface area contributed by atoms with Gasteiger partial charge in [0.15, 0.2) is 23.0 Å². The lowest BCUT2D eigenvalue weighted by atomic mass is 9.84. The van der Waals surface area contributed by atoms with Gasteiger partial charge in [0.2, 0.25) is 5.91 Å². The lowest BCUT2D eigenvalue weighted by Gasteiger charge is -2.36. The molecule has 7 aromatic rings. The summed E-state index contributed by atoms with van der Waals surface area (Å²) < 4.78 is 22.0. The largest absolute Gasteiger partial charge is 0.438 e. The number of nitrogens with one attached hydrogen (secondary N) is 2. The van der Waals surface area contributed by atoms with Gasteiger partial charge in [-0.2, -0.15) is 5.10 Å². The molecule has 0 bridgehead atoms. The maximum Gasteiger partial charge on any atom is 0.273 e. The average Bonchev–Trinajstić information content (AvgIpc) is 0.927. The van der Waals surface area contributed by atoms with Crippen molar-refractivity contribution < 1.29 is 22.7 Å². The van der Waals surface area contributed by atoms with Crippen molar-refractivity contribution >= 4 is 23.0 Å². The van der Waals surface area contributed by atoms with Crippen LogP contribution in [0.3, 0.4) is 0 Å². The number of aromatic nitrogens is 10. The second-order valence-corrected chi connectivity index (χ2v) is 39.9. The molecule has 0 saturated carbocycles. The van der Waals surface area contributed by atoms with Crippen LogP contribution in [0.25, 0.3) is 0 Å². The van der Waals surface area contributed by atoms with Crippen molar-refractivity contribution in [2.24, 2.45) is 38.3 Å². The lowest BCUT2D eigenvalue weighted by Crippen LogP contribution is -2.46. The van der Waals surface area contributed by atoms with Gasteiger partial charge in [-0.15, -0.1) is 64.2 Å². The van der Waals surface area contributed by atoms with E-state index in [0.717, 1.165) is 101 Å². The number of hydrogen-bond donors (Lipinski definition) is 2. The number of imidazole rings is 2. The van der Waals surface area contributed by atoms with E-state index >= 15 is 0 Å². The van der Waals surface area contributed by atoms with Crippen molar-refractivity contribution in [1.29, 1.82) is 0 Å². The molecule has 0 aliphatic carbocycles. The Bertz CT molecular complexity index is 4910. The summed E-state index contributed by atoms with van der Waals surface area (Å²) in [6, 6.07) is 3.69. The van der Waals surface area contributed by atoms with Gasteiger partial charge < -0.3 is 32.3 Å². The number of terminal acetylenes is 10. The Kier molecular flexibility index (Phi) is 40.4. The standard InChI is InChI=1S/C10H14N2.3C10H13N.2C9H12N2.C9H15NO.4C9H11NO/c1-6-9-11-7-8(12(9)5)10(2,3)4;1-5-9-6-8(7-11-9)10(2,3)4;1-5-9-8(6-7-11-9)10(2,3)4;1-5-8-6-7-9(11-8)10(2,3)4;1-5-8-10-6-7(11-8)9(2,3)4;1-5-7-6-8(11-10-7)9(2,3)4;1-9(2,3)10-7-5-4-6-8(10)11;1-5-8-10-7(6-11-8)9(2,3)4;1-5-8-10-6-7(11-8)9(2,3)4;1-5-8-7(6-11-10-8)9(2,3)4;1-5-7-6-8(11-10-7)9(2,3)4/h1,7H,2-5H3;2*1,6H,7H2,2-4H3;1,7H,6H2,2-4H3;2*1,6H,2-4H3,(H,10,11);4,6H,5,7H2,1-3H3;4*1,6H,2-4H3. The van der Waals surface area contributed by atoms with Gasteiger partial charge in [-0.05, 0) is 108 Å². The Balaban J connectivity index is 0.000000671. The summed E-state index contributed by atoms with van der Waals surface area (Å²) in [5.41, 5.74) is 13.9. The van der Waals surface area contributed by atoms with Crippen LogP contribution in [-0.2, 0) is 49.7 Å². The zero-order valence-electron chi connectivity index (χ0n) is 79.6. The molecule has 2 N–H and O–H groups in total. The molecule has 11 heterocycles. The molecule has 0 fully saturated rings. The number of H-pyrrole nitrogens is 2. The van der Waals surface area contributed by atoms with Gasteiger partial charge in [0.05, 0.1) is 42.6 Å². The number of carbonyl (C=O) groups is 1. The fourth-order valence-electron chi connectivity index (χ4n) is 10.1. The number of rotatable bonds is 0. The number of oxazole rings is 2. The van der Waals surface area contributed by atoms with Gasteiger partial charge in [0, 0.05) is 98.4 Å². The van der Waals surface area contributed by atoms with E-state index in [0.29, 0.717) is 34.8 Å². The Morgan fingerprint density at radius 1 is 0.516 bits per heavy atom. The van der Waals surface area contributed by atoms with Crippen LogP contribution in [0.15, 0.2) is 123 Å². The third kappa shape index (κ3) is 37.4. The van der Waals surface area contributed by atoms with E-state index < -0.39 is 0 Å². The molecule has 4 aliphatic rings. The zero-order valence-corrected chi connectivity index (χ0v) is 79.6. The van der Waals surface area contributed by atoms with Gasteiger partial charge in [-0.1, -0.05) is 260 Å². The topological polar surface area (TPSA) is 237 Å². The van der Waals surface area contributed by atoms with E-state index in [4.69, 9.17) is 82.1 Å². The van der Waals surface area contributed by atoms with Crippen LogP contribution in [0, 0.1) is 140 Å². The Hall–Kier alpha value is -12.5. The van der Waals surface area contributed by atoms with Gasteiger partial charge in [0.1, 0.15) is 41.2 Å². The molecule has 0 atom stereocenters. The maximum atomic E-state index is 11.3. The van der Waals surface area contributed by atoms with Crippen LogP contribution in [0.5, 0.6) is 0 Å². The summed E-state index contributed by atoms with van der Waals surface area (Å²) in [7, 11) is 1.95. The SMILES string of the molecule is C#CC1=NC(C(C)(C)C)=CC1.C#CC1=NCC(C(C)(C)C)=C1.C#CC1=NCC=C1C(C)(C)C.C#Cc1cc(C(C)(C)C)n[nH]1.C#Cc1cc(C(C)(C)C)on1.C#Cc1nc(C(C)(C)C)co1.C#Cc1ncc(C(C)(C)C)[nH]1.C#Cc1ncc(C(C)(C)C)n1C.C#Cc1ncc(C(C)(C)C)o1.C#Cc1nocc1C(C)(C)C.CC(C)(C)N1CCC=CC1=O. The maximum absolute atomic E-state index is 11.3. The van der Waals surface area contributed by atoms with E-state index in [1.807, 2.05) is 82.5 Å². The summed E-state index contributed by atoms with van der Waals surface area (Å²) in [6.45, 7) is 71.7. The lowest BCUT2D eigenvalue weighted by molar-refractivity contribution is -0.131. The molecule has 19 heteroatoms. The predicted molar refractivity (Wildman–Crippen MR) is 504 cm³/mol. The molecule has 648 valence electrons. The molecule has 1 amide bonds. The quantitative estimate of drug-likeness (QED) is 0.135. The molecule has 7 aromatic heterocycles. The summed E-state index contributed by atoms with van der Waals surface area (Å²) in [4.78, 5) is 45.1. The normalized spacial score (nSPS) is 13.5. The van der Waals surface area contributed by atoms with Gasteiger partial charge >= 0.3 is 0 Å². The number of amides is 1. The second-order valence-electron chi connectivity index (χ2n) is 39.9. The fraction of sp³-hybridized carbons (Fsp3) is 0.485. The first-order chi connectivity index (χ1) is 55.8. The van der Waals surface area contributed by atoms with Gasteiger partial charge in [0.25, 0.3) is 11.8 Å². The summed E-state index contributed by atoms with van der Waals surface area (Å²) in [6.07, 6.45) is 72.1. The fourth-order valence-corrected chi connectivity index (χ4v) is 10.1. The Morgan fingerprint density at radius 3 is 1.42 bits per heavy atom. The highest BCUT2D eigenvalue weighted by molar-refractivity contribution is 6.14. The minimum Gasteiger partial charge on any atom is -0.438 e. The average molecular weight is 1650 g/mol. The van der Waals surface area contributed by atoms with E-state index in [2.05, 4.69) is 319 Å². The number of carbonyl (C=O) groups excluding carboxylic acids is 1. The number of aromatic amines is 2. The van der Waals surface area contributed by atoms with Crippen LogP contribution >= 0.6 is 0 Å². The highest BCUT2D eigenvalue weighted by Crippen LogP contribution is 2.33. The van der Waals surface area contributed by atoms with E-state index in [9.17, 15) is 4.79 Å². The van der Waals surface area contributed by atoms with E-state index in [-0.39, 0.29) is 65.6 Å². The Morgan fingerprint density at radius 2 is 1.12 bits per heavy atom. The molecular formula is C103H136N14O5. The number of allylic oxidation sites excluding steroid dienone is 4. The van der Waals surface area contributed by atoms with E-state index in [1.54, 1.807) is 37.1 Å². The first-order valence-electron chi connectivity index (χ1n) is 40.3. The molecule has 4 aliphatic heterocycles. The van der Waals surface area contributed by atoms with Crippen molar-refractivity contribution in [3.8, 4) is 123 Å². The molecule has 19 nitrogen and oxygen atoms in total. The first-order valence-corrected chi connectivity index (χ1v) is 40.3. The Labute approximate surface area is 733 Å². The smallest absolute Gasteiger partial charge is 0.273 e. The second kappa shape index (κ2) is 45.8. The first kappa shape index (κ1) is 108. The summed E-state index contributed by atoms with van der Waals surface area (Å²) in [5, 5.41) is 14.2. The molecule has 0 saturated heterocycles. The van der Waals surface area contributed by atoms with Crippen LogP contribution in [0.1, 0.15) is 322 Å². The molecule has 11 rings (SSSR count). The van der Waals surface area contributed by atoms with Crippen molar-refractivity contribution in [2.75, 3.05) is 19.6 Å². The molecule has 0 spiro atoms. The van der Waals surface area contributed by atoms with Crippen LogP contribution in [0.4, 0.5) is 0 Å². The number of aliphatic imine (C=N–C) groups is 3. The zero-order chi connectivity index (χ0) is 94.2. The van der Waals surface area contributed by atoms with Crippen molar-refractivity contribution in [3.05, 3.63) is 171 Å². The summed E-state index contributed by atoms with van der Waals surface area (Å²) in [5.74, 6) is 28.6. The van der Waals surface area contributed by atoms with Gasteiger partial charge in [-0.25, -0.2) is 24.9 Å². The predicted octanol–water partition coefficient (Wildman–Crippen LogP) is 21.0. The van der Waals surface area contributed by atoms with Crippen LogP contribution < -0.4 is 0 Å². The minimum atomic E-state index is -0.0259. The summed E-state index contributed by atoms with van der Waals surface area (Å²) >= 11 is 0. The highest BCUT2D eigenvalue weighted by Gasteiger charge is 2.29. The minimum absolute atomic E-state index is 0.0118. The van der Waals surface area contributed by atoms with Gasteiger partial charge in [-0.3, -0.25) is 19.9 Å². The third-order valence-corrected chi connectivity index (χ3v) is 17.7. The molecule has 0 unspecified atom stereocenters. The van der Waals surface area contributed by atoms with Crippen LogP contribution in [-0.4, -0.2) is 103 Å². The van der Waals surface area contributed by atoms with Crippen molar-refractivity contribution in [3.63, 3.8) is 0 Å². The third-order valence-electron chi connectivity index (χ3n) is 17.7. The van der Waals surface area contributed by atoms with Crippen molar-refractivity contribution in [1.82, 2.24) is 54.9 Å². The molecule has 0 aromatic carbocycles. The van der Waals surface area contributed by atoms with Crippen LogP contribution in [0.2, 0.25) is 0 Å². The van der Waals surface area contributed by atoms with E-state index in [1.165, 1.54) is 11.1 Å². The number of nitrogens with zero attached hydrogens (tertiary/aromatic N) is 12. The van der Waals surface area contributed by atoms with Crippen molar-refractivity contribution in [2.45, 2.75) is 285 Å². The number of hydrogen-bond acceptors (Lipinski definition) is 15. The highest BCUT2D eigenvalue weighted by atomic mass is 16.5.